The number of benzene rings is 1. The molecule has 1 aromatic rings. The summed E-state index contributed by atoms with van der Waals surface area (Å²) in [5, 5.41) is 0. The summed E-state index contributed by atoms with van der Waals surface area (Å²) in [4.78, 5) is 8.52. The average Bonchev–Trinajstić information content (AvgIpc) is 2.67. The second-order valence-corrected chi connectivity index (χ2v) is 2.86. The van der Waals surface area contributed by atoms with Gasteiger partial charge in [0.25, 0.3) is 0 Å². The summed E-state index contributed by atoms with van der Waals surface area (Å²) in [6.45, 7) is 1.09. The van der Waals surface area contributed by atoms with Crippen LogP contribution in [0.2, 0.25) is 0 Å². The highest BCUT2D eigenvalue weighted by molar-refractivity contribution is 6.12. The Bertz CT molecular complexity index is 352. The number of hydrogen-bond acceptors (Lipinski definition) is 3. The molecule has 0 bridgehead atoms. The van der Waals surface area contributed by atoms with Gasteiger partial charge in [-0.3, -0.25) is 4.99 Å². The number of nitrogens with two attached hydrogens (primary N) is 1. The highest BCUT2D eigenvalue weighted by atomic mass is 15.0. The lowest BCUT2D eigenvalue weighted by Gasteiger charge is -1.96. The molecule has 1 aliphatic rings. The van der Waals surface area contributed by atoms with Crippen LogP contribution in [0.25, 0.3) is 0 Å². The molecule has 2 N–H and O–H groups in total. The minimum Gasteiger partial charge on any atom is -0.324 e. The minimum absolute atomic E-state index is 0.427. The van der Waals surface area contributed by atoms with Gasteiger partial charge in [0.15, 0.2) is 0 Å². The Hall–Kier alpha value is -1.48. The average molecular weight is 173 g/mol. The molecule has 13 heavy (non-hydrogen) atoms. The van der Waals surface area contributed by atoms with E-state index in [-0.39, 0.29) is 0 Å². The van der Waals surface area contributed by atoms with Crippen LogP contribution in [0.3, 0.4) is 0 Å². The van der Waals surface area contributed by atoms with E-state index in [1.54, 1.807) is 0 Å². The Morgan fingerprint density at radius 3 is 2.62 bits per heavy atom. The molecule has 0 spiro atoms. The Labute approximate surface area is 77.0 Å². The summed E-state index contributed by atoms with van der Waals surface area (Å²) in [5.41, 5.74) is 7.59. The van der Waals surface area contributed by atoms with Gasteiger partial charge in [0.05, 0.1) is 18.8 Å². The maximum Gasteiger partial charge on any atom is 0.137 e. The van der Waals surface area contributed by atoms with Crippen LogP contribution in [-0.2, 0) is 0 Å². The van der Waals surface area contributed by atoms with Crippen molar-refractivity contribution in [2.24, 2.45) is 15.7 Å². The van der Waals surface area contributed by atoms with Crippen molar-refractivity contribution in [3.05, 3.63) is 35.9 Å². The summed E-state index contributed by atoms with van der Waals surface area (Å²) in [7, 11) is 0. The van der Waals surface area contributed by atoms with Crippen molar-refractivity contribution in [2.45, 2.75) is 0 Å². The van der Waals surface area contributed by atoms with Crippen molar-refractivity contribution in [1.82, 2.24) is 0 Å². The first-order chi connectivity index (χ1) is 6.40. The maximum absolute atomic E-state index is 5.44. The molecule has 0 atom stereocenters. The molecule has 0 aliphatic carbocycles. The fraction of sp³-hybridized carbons (Fsp3) is 0.200. The zero-order valence-electron chi connectivity index (χ0n) is 7.27. The summed E-state index contributed by atoms with van der Waals surface area (Å²) in [6, 6.07) is 10.1. The van der Waals surface area contributed by atoms with Crippen molar-refractivity contribution in [2.75, 3.05) is 13.1 Å². The van der Waals surface area contributed by atoms with Crippen LogP contribution in [-0.4, -0.2) is 24.6 Å². The molecule has 2 rings (SSSR count). The number of nitrogens with zero attached hydrogens (tertiary/aromatic N) is 2. The number of hydrogen-bond donors (Lipinski definition) is 1. The van der Waals surface area contributed by atoms with Crippen LogP contribution in [0.15, 0.2) is 40.3 Å². The van der Waals surface area contributed by atoms with E-state index in [1.807, 2.05) is 30.3 Å². The van der Waals surface area contributed by atoms with E-state index in [0.717, 1.165) is 17.1 Å². The van der Waals surface area contributed by atoms with Crippen molar-refractivity contribution >= 4 is 11.5 Å². The molecule has 1 aliphatic heterocycles. The second kappa shape index (κ2) is 3.49. The molecular formula is C10H11N3. The third-order valence-corrected chi connectivity index (χ3v) is 1.96. The summed E-state index contributed by atoms with van der Waals surface area (Å²) < 4.78 is 0. The van der Waals surface area contributed by atoms with E-state index < -0.39 is 0 Å². The molecule has 0 saturated heterocycles. The maximum atomic E-state index is 5.44. The van der Waals surface area contributed by atoms with Gasteiger partial charge in [0, 0.05) is 0 Å². The number of aliphatic imine (C=N–C) groups is 2. The fourth-order valence-corrected chi connectivity index (χ4v) is 1.29. The van der Waals surface area contributed by atoms with Gasteiger partial charge in [-0.05, 0) is 5.56 Å². The van der Waals surface area contributed by atoms with Crippen LogP contribution in [0.5, 0.6) is 0 Å². The highest BCUT2D eigenvalue weighted by Crippen LogP contribution is 2.06. The fourth-order valence-electron chi connectivity index (χ4n) is 1.29. The largest absolute Gasteiger partial charge is 0.324 e. The Balaban J connectivity index is 2.23. The molecule has 66 valence electrons. The van der Waals surface area contributed by atoms with Crippen molar-refractivity contribution in [3.8, 4) is 0 Å². The quantitative estimate of drug-likeness (QED) is 0.708. The van der Waals surface area contributed by atoms with Gasteiger partial charge in [-0.15, -0.1) is 0 Å². The van der Waals surface area contributed by atoms with E-state index >= 15 is 0 Å². The zero-order chi connectivity index (χ0) is 9.10. The standard InChI is InChI=1S/C10H11N3/c11-6-10-12-7-9(13-10)8-4-2-1-3-5-8/h1-5H,6-7,11H2. The van der Waals surface area contributed by atoms with E-state index in [4.69, 9.17) is 5.73 Å². The molecule has 0 amide bonds. The molecular weight excluding hydrogens is 162 g/mol. The Kier molecular flexibility index (Phi) is 2.19. The number of amidine groups is 1. The first kappa shape index (κ1) is 8.13. The van der Waals surface area contributed by atoms with Crippen LogP contribution >= 0.6 is 0 Å². The molecule has 1 aromatic carbocycles. The first-order valence-electron chi connectivity index (χ1n) is 4.26. The number of rotatable bonds is 2. The normalized spacial score (nSPS) is 15.5. The van der Waals surface area contributed by atoms with Gasteiger partial charge in [0.2, 0.25) is 0 Å². The molecule has 3 nitrogen and oxygen atoms in total. The topological polar surface area (TPSA) is 50.7 Å². The van der Waals surface area contributed by atoms with E-state index in [0.29, 0.717) is 13.1 Å². The van der Waals surface area contributed by atoms with Crippen LogP contribution in [0, 0.1) is 0 Å². The summed E-state index contributed by atoms with van der Waals surface area (Å²) in [5.74, 6) is 0.749. The monoisotopic (exact) mass is 173 g/mol. The molecule has 1 heterocycles. The minimum atomic E-state index is 0.427. The first-order valence-corrected chi connectivity index (χ1v) is 4.26. The van der Waals surface area contributed by atoms with E-state index in [2.05, 4.69) is 9.98 Å². The predicted molar refractivity (Wildman–Crippen MR) is 54.3 cm³/mol. The molecule has 0 radical (unpaired) electrons. The highest BCUT2D eigenvalue weighted by Gasteiger charge is 2.09. The lowest BCUT2D eigenvalue weighted by molar-refractivity contribution is 1.24. The SMILES string of the molecule is NCC1=NCC(c2ccccc2)=N1. The summed E-state index contributed by atoms with van der Waals surface area (Å²) in [6.07, 6.45) is 0. The van der Waals surface area contributed by atoms with Crippen molar-refractivity contribution < 1.29 is 0 Å². The van der Waals surface area contributed by atoms with E-state index in [9.17, 15) is 0 Å². The van der Waals surface area contributed by atoms with Gasteiger partial charge < -0.3 is 5.73 Å². The van der Waals surface area contributed by atoms with Crippen molar-refractivity contribution in [3.63, 3.8) is 0 Å². The Morgan fingerprint density at radius 2 is 2.00 bits per heavy atom. The molecule has 3 heteroatoms. The van der Waals surface area contributed by atoms with Crippen LogP contribution in [0.4, 0.5) is 0 Å². The molecule has 0 fully saturated rings. The van der Waals surface area contributed by atoms with Crippen LogP contribution < -0.4 is 5.73 Å². The predicted octanol–water partition coefficient (Wildman–Crippen LogP) is 0.846. The van der Waals surface area contributed by atoms with Gasteiger partial charge in [-0.25, -0.2) is 4.99 Å². The molecule has 0 aromatic heterocycles. The molecule has 0 unspecified atom stereocenters. The van der Waals surface area contributed by atoms with Gasteiger partial charge >= 0.3 is 0 Å². The van der Waals surface area contributed by atoms with Crippen molar-refractivity contribution in [1.29, 1.82) is 0 Å². The van der Waals surface area contributed by atoms with E-state index in [1.165, 1.54) is 0 Å². The lowest BCUT2D eigenvalue weighted by atomic mass is 10.1. The van der Waals surface area contributed by atoms with Gasteiger partial charge in [-0.1, -0.05) is 30.3 Å². The summed E-state index contributed by atoms with van der Waals surface area (Å²) >= 11 is 0. The molecule has 0 saturated carbocycles. The zero-order valence-corrected chi connectivity index (χ0v) is 7.27. The smallest absolute Gasteiger partial charge is 0.137 e. The Morgan fingerprint density at radius 1 is 1.23 bits per heavy atom. The second-order valence-electron chi connectivity index (χ2n) is 2.86. The van der Waals surface area contributed by atoms with Gasteiger partial charge in [0.1, 0.15) is 5.84 Å². The third-order valence-electron chi connectivity index (χ3n) is 1.96. The third kappa shape index (κ3) is 1.65. The van der Waals surface area contributed by atoms with Crippen LogP contribution in [0.1, 0.15) is 5.56 Å². The van der Waals surface area contributed by atoms with Gasteiger partial charge in [-0.2, -0.15) is 0 Å². The lowest BCUT2D eigenvalue weighted by Crippen LogP contribution is -2.09.